The first-order valence-electron chi connectivity index (χ1n) is 6.77. The van der Waals surface area contributed by atoms with E-state index in [1.54, 1.807) is 0 Å². The predicted molar refractivity (Wildman–Crippen MR) is 74.5 cm³/mol. The SMILES string of the molecule is Cc1cccc2cc(C(NN)C3OCCC3C)oc12. The second-order valence-corrected chi connectivity index (χ2v) is 5.39. The van der Waals surface area contributed by atoms with Crippen LogP contribution in [0.25, 0.3) is 11.0 Å². The lowest BCUT2D eigenvalue weighted by Crippen LogP contribution is -2.38. The van der Waals surface area contributed by atoms with Gasteiger partial charge in [-0.1, -0.05) is 25.1 Å². The Balaban J connectivity index is 1.99. The van der Waals surface area contributed by atoms with Crippen molar-refractivity contribution in [3.8, 4) is 0 Å². The predicted octanol–water partition coefficient (Wildman–Crippen LogP) is 2.67. The zero-order valence-corrected chi connectivity index (χ0v) is 11.3. The van der Waals surface area contributed by atoms with Crippen molar-refractivity contribution in [1.29, 1.82) is 0 Å². The second-order valence-electron chi connectivity index (χ2n) is 5.39. The molecule has 0 spiro atoms. The summed E-state index contributed by atoms with van der Waals surface area (Å²) in [6.45, 7) is 5.04. The molecule has 1 aliphatic rings. The van der Waals surface area contributed by atoms with Crippen molar-refractivity contribution in [1.82, 2.24) is 5.43 Å². The first kappa shape index (κ1) is 12.7. The molecule has 0 saturated carbocycles. The molecule has 1 fully saturated rings. The Hall–Kier alpha value is -1.36. The summed E-state index contributed by atoms with van der Waals surface area (Å²) in [4.78, 5) is 0. The van der Waals surface area contributed by atoms with Crippen LogP contribution in [-0.2, 0) is 4.74 Å². The third kappa shape index (κ3) is 2.16. The molecule has 19 heavy (non-hydrogen) atoms. The highest BCUT2D eigenvalue weighted by Gasteiger charge is 2.34. The Morgan fingerprint density at radius 3 is 2.89 bits per heavy atom. The largest absolute Gasteiger partial charge is 0.459 e. The number of fused-ring (bicyclic) bond motifs is 1. The molecule has 0 aliphatic carbocycles. The molecule has 102 valence electrons. The normalized spacial score (nSPS) is 25.0. The molecule has 1 aromatic heterocycles. The third-order valence-electron chi connectivity index (χ3n) is 4.02. The van der Waals surface area contributed by atoms with Gasteiger partial charge >= 0.3 is 0 Å². The fraction of sp³-hybridized carbons (Fsp3) is 0.467. The van der Waals surface area contributed by atoms with Crippen LogP contribution in [0.4, 0.5) is 0 Å². The fourth-order valence-electron chi connectivity index (χ4n) is 2.86. The number of rotatable bonds is 3. The molecule has 3 unspecified atom stereocenters. The summed E-state index contributed by atoms with van der Waals surface area (Å²) in [5, 5.41) is 1.11. The van der Waals surface area contributed by atoms with E-state index in [0.717, 1.165) is 35.3 Å². The van der Waals surface area contributed by atoms with Crippen molar-refractivity contribution in [3.05, 3.63) is 35.6 Å². The number of hydrogen-bond acceptors (Lipinski definition) is 4. The number of furan rings is 1. The van der Waals surface area contributed by atoms with Gasteiger partial charge in [-0.2, -0.15) is 0 Å². The summed E-state index contributed by atoms with van der Waals surface area (Å²) in [5.74, 6) is 7.05. The lowest BCUT2D eigenvalue weighted by Gasteiger charge is -2.23. The van der Waals surface area contributed by atoms with Crippen molar-refractivity contribution in [3.63, 3.8) is 0 Å². The van der Waals surface area contributed by atoms with Gasteiger partial charge in [-0.15, -0.1) is 0 Å². The van der Waals surface area contributed by atoms with Crippen LogP contribution in [0.5, 0.6) is 0 Å². The molecule has 2 heterocycles. The van der Waals surface area contributed by atoms with Gasteiger partial charge < -0.3 is 9.15 Å². The van der Waals surface area contributed by atoms with Crippen LogP contribution >= 0.6 is 0 Å². The van der Waals surface area contributed by atoms with E-state index >= 15 is 0 Å². The highest BCUT2D eigenvalue weighted by Crippen LogP contribution is 2.34. The highest BCUT2D eigenvalue weighted by atomic mass is 16.5. The van der Waals surface area contributed by atoms with E-state index < -0.39 is 0 Å². The number of aryl methyl sites for hydroxylation is 1. The van der Waals surface area contributed by atoms with Crippen LogP contribution in [0, 0.1) is 12.8 Å². The maximum Gasteiger partial charge on any atom is 0.137 e. The van der Waals surface area contributed by atoms with Crippen molar-refractivity contribution in [2.45, 2.75) is 32.4 Å². The van der Waals surface area contributed by atoms with Crippen LogP contribution in [0.1, 0.15) is 30.7 Å². The quantitative estimate of drug-likeness (QED) is 0.658. The molecule has 3 N–H and O–H groups in total. The van der Waals surface area contributed by atoms with E-state index in [4.69, 9.17) is 15.0 Å². The topological polar surface area (TPSA) is 60.4 Å². The lowest BCUT2D eigenvalue weighted by atomic mass is 9.96. The minimum atomic E-state index is -0.0932. The number of benzene rings is 1. The summed E-state index contributed by atoms with van der Waals surface area (Å²) >= 11 is 0. The molecule has 4 nitrogen and oxygen atoms in total. The minimum absolute atomic E-state index is 0.0749. The second kappa shape index (κ2) is 4.96. The van der Waals surface area contributed by atoms with Crippen LogP contribution in [-0.4, -0.2) is 12.7 Å². The maximum atomic E-state index is 5.99. The van der Waals surface area contributed by atoms with Gasteiger partial charge in [0.1, 0.15) is 17.4 Å². The zero-order chi connectivity index (χ0) is 13.4. The molecule has 4 heteroatoms. The molecule has 0 bridgehead atoms. The first-order valence-corrected chi connectivity index (χ1v) is 6.77. The third-order valence-corrected chi connectivity index (χ3v) is 4.02. The van der Waals surface area contributed by atoms with Gasteiger partial charge in [-0.05, 0) is 30.9 Å². The molecule has 0 radical (unpaired) electrons. The molecule has 1 aliphatic heterocycles. The fourth-order valence-corrected chi connectivity index (χ4v) is 2.86. The van der Waals surface area contributed by atoms with E-state index in [-0.39, 0.29) is 12.1 Å². The highest BCUT2D eigenvalue weighted by molar-refractivity contribution is 5.81. The van der Waals surface area contributed by atoms with Gasteiger partial charge in [0.15, 0.2) is 0 Å². The molecule has 1 aromatic carbocycles. The Morgan fingerprint density at radius 2 is 2.26 bits per heavy atom. The lowest BCUT2D eigenvalue weighted by molar-refractivity contribution is 0.0544. The molecule has 0 amide bonds. The summed E-state index contributed by atoms with van der Waals surface area (Å²) in [5.41, 5.74) is 4.92. The van der Waals surface area contributed by atoms with E-state index in [9.17, 15) is 0 Å². The number of hydrogen-bond donors (Lipinski definition) is 2. The van der Waals surface area contributed by atoms with Crippen LogP contribution in [0.3, 0.4) is 0 Å². The van der Waals surface area contributed by atoms with Crippen LogP contribution in [0.15, 0.2) is 28.7 Å². The first-order chi connectivity index (χ1) is 9.20. The van der Waals surface area contributed by atoms with Gasteiger partial charge in [0.25, 0.3) is 0 Å². The van der Waals surface area contributed by atoms with Crippen LogP contribution < -0.4 is 11.3 Å². The summed E-state index contributed by atoms with van der Waals surface area (Å²) in [6.07, 6.45) is 1.15. The molecule has 2 aromatic rings. The van der Waals surface area contributed by atoms with Crippen LogP contribution in [0.2, 0.25) is 0 Å². The zero-order valence-electron chi connectivity index (χ0n) is 11.3. The summed E-state index contributed by atoms with van der Waals surface area (Å²) in [7, 11) is 0. The van der Waals surface area contributed by atoms with Gasteiger partial charge in [0.05, 0.1) is 6.10 Å². The van der Waals surface area contributed by atoms with E-state index in [1.807, 2.05) is 6.07 Å². The summed E-state index contributed by atoms with van der Waals surface area (Å²) in [6, 6.07) is 8.11. The summed E-state index contributed by atoms with van der Waals surface area (Å²) < 4.78 is 11.8. The molecular formula is C15H20N2O2. The molecule has 3 rings (SSSR count). The molecular weight excluding hydrogens is 240 g/mol. The van der Waals surface area contributed by atoms with Gasteiger partial charge in [0, 0.05) is 12.0 Å². The van der Waals surface area contributed by atoms with Crippen molar-refractivity contribution < 1.29 is 9.15 Å². The van der Waals surface area contributed by atoms with Gasteiger partial charge in [0.2, 0.25) is 0 Å². The van der Waals surface area contributed by atoms with E-state index in [1.165, 1.54) is 0 Å². The van der Waals surface area contributed by atoms with Crippen molar-refractivity contribution in [2.24, 2.45) is 11.8 Å². The number of nitrogens with two attached hydrogens (primary N) is 1. The average Bonchev–Trinajstić information content (AvgIpc) is 2.99. The number of nitrogens with one attached hydrogen (secondary N) is 1. The average molecular weight is 260 g/mol. The Bertz CT molecular complexity index is 579. The van der Waals surface area contributed by atoms with E-state index in [2.05, 4.69) is 37.5 Å². The number of para-hydroxylation sites is 1. The Kier molecular flexibility index (Phi) is 3.31. The van der Waals surface area contributed by atoms with Gasteiger partial charge in [-0.25, -0.2) is 5.43 Å². The smallest absolute Gasteiger partial charge is 0.137 e. The van der Waals surface area contributed by atoms with E-state index in [0.29, 0.717) is 5.92 Å². The monoisotopic (exact) mass is 260 g/mol. The maximum absolute atomic E-state index is 5.99. The minimum Gasteiger partial charge on any atom is -0.459 e. The number of ether oxygens (including phenoxy) is 1. The van der Waals surface area contributed by atoms with Crippen molar-refractivity contribution >= 4 is 11.0 Å². The Morgan fingerprint density at radius 1 is 1.42 bits per heavy atom. The number of hydrazine groups is 1. The standard InChI is InChI=1S/C15H20N2O2/c1-9-4-3-5-11-8-12(19-14(9)11)13(17-16)15-10(2)6-7-18-15/h3-5,8,10,13,15,17H,6-7,16H2,1-2H3. The van der Waals surface area contributed by atoms with Gasteiger partial charge in [-0.3, -0.25) is 5.84 Å². The molecule has 1 saturated heterocycles. The Labute approximate surface area is 112 Å². The van der Waals surface area contributed by atoms with Crippen molar-refractivity contribution in [2.75, 3.05) is 6.61 Å². The molecule has 3 atom stereocenters.